The normalized spacial score (nSPS) is 9.82. The molecular weight excluding hydrogens is 148 g/mol. The highest BCUT2D eigenvalue weighted by molar-refractivity contribution is 4.23. The van der Waals surface area contributed by atoms with Crippen LogP contribution in [-0.4, -0.2) is 31.8 Å². The molecule has 0 aromatic heterocycles. The molecule has 0 aliphatic rings. The zero-order valence-corrected chi connectivity index (χ0v) is 7.42. The van der Waals surface area contributed by atoms with Gasteiger partial charge in [0.2, 0.25) is 0 Å². The van der Waals surface area contributed by atoms with E-state index < -0.39 is 6.48 Å². The summed E-state index contributed by atoms with van der Waals surface area (Å²) in [6, 6.07) is 0. The summed E-state index contributed by atoms with van der Waals surface area (Å²) in [6.45, 7) is 7.10. The first-order chi connectivity index (χ1) is 4.85. The van der Waals surface area contributed by atoms with Crippen molar-refractivity contribution in [3.8, 4) is 0 Å². The third-order valence-electron chi connectivity index (χ3n) is 0.908. The molecule has 0 aliphatic carbocycles. The summed E-state index contributed by atoms with van der Waals surface area (Å²) in [4.78, 5) is 0. The number of ether oxygens (including phenoxy) is 3. The fourth-order valence-electron chi connectivity index (χ4n) is 0.553. The van der Waals surface area contributed by atoms with Crippen LogP contribution in [-0.2, 0) is 14.2 Å². The molecule has 0 bridgehead atoms. The maximum absolute atomic E-state index is 5.08. The second kappa shape index (κ2) is 9.84. The molecule has 70 valence electrons. The standard InChI is InChI=1S/C7H16O3.H2O/c1-4-8-7(9-5-2)10-6-3;/h7H,4-6H2,1-3H3;1H2. The van der Waals surface area contributed by atoms with Crippen molar-refractivity contribution in [3.05, 3.63) is 0 Å². The Hall–Kier alpha value is -0.160. The predicted molar refractivity (Wildman–Crippen MR) is 42.3 cm³/mol. The number of rotatable bonds is 6. The highest BCUT2D eigenvalue weighted by Crippen LogP contribution is 1.95. The quantitative estimate of drug-likeness (QED) is 0.541. The van der Waals surface area contributed by atoms with E-state index in [9.17, 15) is 0 Å². The monoisotopic (exact) mass is 166 g/mol. The van der Waals surface area contributed by atoms with Gasteiger partial charge in [-0.2, -0.15) is 0 Å². The van der Waals surface area contributed by atoms with Crippen molar-refractivity contribution < 1.29 is 19.7 Å². The molecule has 0 rings (SSSR count). The summed E-state index contributed by atoms with van der Waals surface area (Å²) in [5.74, 6) is 0. The summed E-state index contributed by atoms with van der Waals surface area (Å²) in [6.07, 6.45) is 0. The van der Waals surface area contributed by atoms with Crippen molar-refractivity contribution in [1.29, 1.82) is 0 Å². The van der Waals surface area contributed by atoms with E-state index in [0.717, 1.165) is 0 Å². The molecule has 0 amide bonds. The highest BCUT2D eigenvalue weighted by atomic mass is 16.8. The van der Waals surface area contributed by atoms with Crippen LogP contribution in [0.5, 0.6) is 0 Å². The topological polar surface area (TPSA) is 59.2 Å². The van der Waals surface area contributed by atoms with E-state index in [2.05, 4.69) is 0 Å². The smallest absolute Gasteiger partial charge is 0.271 e. The minimum Gasteiger partial charge on any atom is -0.412 e. The second-order valence-electron chi connectivity index (χ2n) is 1.65. The van der Waals surface area contributed by atoms with Crippen LogP contribution in [0.1, 0.15) is 20.8 Å². The van der Waals surface area contributed by atoms with E-state index in [-0.39, 0.29) is 5.48 Å². The van der Waals surface area contributed by atoms with Gasteiger partial charge >= 0.3 is 0 Å². The van der Waals surface area contributed by atoms with Gasteiger partial charge in [-0.1, -0.05) is 0 Å². The first-order valence-electron chi connectivity index (χ1n) is 3.69. The Morgan fingerprint density at radius 2 is 1.09 bits per heavy atom. The summed E-state index contributed by atoms with van der Waals surface area (Å²) < 4.78 is 15.2. The molecule has 0 aromatic carbocycles. The van der Waals surface area contributed by atoms with Gasteiger partial charge in [-0.25, -0.2) is 0 Å². The van der Waals surface area contributed by atoms with Crippen molar-refractivity contribution in [2.45, 2.75) is 27.2 Å². The molecule has 0 atom stereocenters. The molecule has 0 unspecified atom stereocenters. The van der Waals surface area contributed by atoms with Crippen LogP contribution in [0.2, 0.25) is 0 Å². The molecule has 0 fully saturated rings. The average molecular weight is 166 g/mol. The Morgan fingerprint density at radius 1 is 0.818 bits per heavy atom. The molecule has 0 saturated carbocycles. The highest BCUT2D eigenvalue weighted by Gasteiger charge is 2.04. The van der Waals surface area contributed by atoms with E-state index in [1.165, 1.54) is 0 Å². The molecule has 4 heteroatoms. The van der Waals surface area contributed by atoms with Gasteiger partial charge in [0.25, 0.3) is 6.48 Å². The SMILES string of the molecule is CCOC(OCC)OCC.O. The maximum Gasteiger partial charge on any atom is 0.271 e. The minimum atomic E-state index is -0.472. The molecule has 0 saturated heterocycles. The van der Waals surface area contributed by atoms with Crippen LogP contribution in [0.4, 0.5) is 0 Å². The first kappa shape index (κ1) is 13.4. The van der Waals surface area contributed by atoms with Gasteiger partial charge in [-0.05, 0) is 20.8 Å². The van der Waals surface area contributed by atoms with E-state index in [0.29, 0.717) is 19.8 Å². The fourth-order valence-corrected chi connectivity index (χ4v) is 0.553. The van der Waals surface area contributed by atoms with Crippen LogP contribution >= 0.6 is 0 Å². The molecule has 0 aromatic rings. The fraction of sp³-hybridized carbons (Fsp3) is 1.00. The summed E-state index contributed by atoms with van der Waals surface area (Å²) in [5, 5.41) is 0. The molecule has 11 heavy (non-hydrogen) atoms. The van der Waals surface area contributed by atoms with Crippen LogP contribution in [0.3, 0.4) is 0 Å². The van der Waals surface area contributed by atoms with Gasteiger partial charge in [0, 0.05) is 19.8 Å². The van der Waals surface area contributed by atoms with E-state index in [4.69, 9.17) is 14.2 Å². The maximum atomic E-state index is 5.08. The van der Waals surface area contributed by atoms with Gasteiger partial charge in [0.1, 0.15) is 0 Å². The predicted octanol–water partition coefficient (Wildman–Crippen LogP) is 0.555. The Balaban J connectivity index is 0. The molecule has 0 spiro atoms. The third-order valence-corrected chi connectivity index (χ3v) is 0.908. The summed E-state index contributed by atoms with van der Waals surface area (Å²) in [5.41, 5.74) is 0. The lowest BCUT2D eigenvalue weighted by atomic mass is 10.8. The lowest BCUT2D eigenvalue weighted by Crippen LogP contribution is -2.20. The van der Waals surface area contributed by atoms with Crippen molar-refractivity contribution >= 4 is 0 Å². The third kappa shape index (κ3) is 7.74. The van der Waals surface area contributed by atoms with Crippen LogP contribution < -0.4 is 0 Å². The Labute approximate surface area is 67.8 Å². The Kier molecular flexibility index (Phi) is 12.0. The zero-order valence-electron chi connectivity index (χ0n) is 7.42. The second-order valence-corrected chi connectivity index (χ2v) is 1.65. The lowest BCUT2D eigenvalue weighted by molar-refractivity contribution is -0.282. The first-order valence-corrected chi connectivity index (χ1v) is 3.69. The van der Waals surface area contributed by atoms with Crippen molar-refractivity contribution in [2.75, 3.05) is 19.8 Å². The van der Waals surface area contributed by atoms with Gasteiger partial charge in [0.15, 0.2) is 0 Å². The van der Waals surface area contributed by atoms with Gasteiger partial charge in [-0.15, -0.1) is 0 Å². The van der Waals surface area contributed by atoms with Gasteiger partial charge < -0.3 is 19.7 Å². The molecule has 0 aliphatic heterocycles. The van der Waals surface area contributed by atoms with Gasteiger partial charge in [-0.3, -0.25) is 0 Å². The zero-order chi connectivity index (χ0) is 7.82. The number of hydrogen-bond acceptors (Lipinski definition) is 3. The molecule has 0 radical (unpaired) electrons. The van der Waals surface area contributed by atoms with E-state index >= 15 is 0 Å². The molecule has 2 N–H and O–H groups in total. The summed E-state index contributed by atoms with van der Waals surface area (Å²) in [7, 11) is 0. The number of hydrogen-bond donors (Lipinski definition) is 0. The Morgan fingerprint density at radius 3 is 1.27 bits per heavy atom. The summed E-state index contributed by atoms with van der Waals surface area (Å²) >= 11 is 0. The average Bonchev–Trinajstić information content (AvgIpc) is 1.90. The lowest BCUT2D eigenvalue weighted by Gasteiger charge is -2.15. The van der Waals surface area contributed by atoms with Crippen molar-refractivity contribution in [3.63, 3.8) is 0 Å². The van der Waals surface area contributed by atoms with Crippen molar-refractivity contribution in [2.24, 2.45) is 0 Å². The van der Waals surface area contributed by atoms with E-state index in [1.807, 2.05) is 20.8 Å². The molecule has 4 nitrogen and oxygen atoms in total. The van der Waals surface area contributed by atoms with Crippen LogP contribution in [0.15, 0.2) is 0 Å². The van der Waals surface area contributed by atoms with Crippen LogP contribution in [0.25, 0.3) is 0 Å². The minimum absolute atomic E-state index is 0. The Bertz CT molecular complexity index is 53.2. The molecular formula is C7H18O4. The van der Waals surface area contributed by atoms with Crippen molar-refractivity contribution in [1.82, 2.24) is 0 Å². The van der Waals surface area contributed by atoms with E-state index in [1.54, 1.807) is 0 Å². The van der Waals surface area contributed by atoms with Gasteiger partial charge in [0.05, 0.1) is 0 Å². The van der Waals surface area contributed by atoms with Crippen LogP contribution in [0, 0.1) is 0 Å². The largest absolute Gasteiger partial charge is 0.412 e. The molecule has 0 heterocycles.